The molecule has 2 aromatic rings. The van der Waals surface area contributed by atoms with Gasteiger partial charge in [-0.2, -0.15) is 5.10 Å². The molecule has 0 spiro atoms. The van der Waals surface area contributed by atoms with Crippen molar-refractivity contribution in [2.24, 2.45) is 0 Å². The fourth-order valence-corrected chi connectivity index (χ4v) is 1.09. The topological polar surface area (TPSA) is 101 Å². The molecule has 0 fully saturated rings. The summed E-state index contributed by atoms with van der Waals surface area (Å²) in [6.07, 6.45) is 1.23. The maximum Gasteiger partial charge on any atom is 0.354 e. The number of H-pyrrole nitrogens is 1. The molecule has 7 heteroatoms. The third-order valence-corrected chi connectivity index (χ3v) is 1.75. The Labute approximate surface area is 83.0 Å². The van der Waals surface area contributed by atoms with Crippen molar-refractivity contribution in [1.82, 2.24) is 19.7 Å². The summed E-state index contributed by atoms with van der Waals surface area (Å²) in [6, 6.07) is 4.37. The summed E-state index contributed by atoms with van der Waals surface area (Å²) in [5, 5.41) is 14.4. The Bertz CT molecular complexity index is 557. The molecule has 0 aliphatic heterocycles. The zero-order valence-corrected chi connectivity index (χ0v) is 7.41. The molecule has 15 heavy (non-hydrogen) atoms. The van der Waals surface area contributed by atoms with Crippen LogP contribution in [0.2, 0.25) is 0 Å². The highest BCUT2D eigenvalue weighted by molar-refractivity contribution is 5.85. The molecule has 7 nitrogen and oxygen atoms in total. The van der Waals surface area contributed by atoms with Crippen molar-refractivity contribution in [3.63, 3.8) is 0 Å². The van der Waals surface area contributed by atoms with E-state index in [2.05, 4.69) is 15.2 Å². The molecule has 0 radical (unpaired) electrons. The second-order valence-electron chi connectivity index (χ2n) is 2.72. The van der Waals surface area contributed by atoms with Crippen LogP contribution in [0, 0.1) is 0 Å². The minimum absolute atomic E-state index is 0.124. The lowest BCUT2D eigenvalue weighted by atomic mass is 10.3. The third kappa shape index (κ3) is 1.62. The Hall–Kier alpha value is -2.44. The Morgan fingerprint density at radius 3 is 2.87 bits per heavy atom. The van der Waals surface area contributed by atoms with Crippen LogP contribution in [0.15, 0.2) is 29.3 Å². The summed E-state index contributed by atoms with van der Waals surface area (Å²) >= 11 is 0. The summed E-state index contributed by atoms with van der Waals surface area (Å²) in [5.74, 6) is -0.929. The first-order chi connectivity index (χ1) is 7.18. The number of carboxylic acid groups (broad SMARTS) is 1. The van der Waals surface area contributed by atoms with Gasteiger partial charge in [-0.15, -0.1) is 0 Å². The van der Waals surface area contributed by atoms with Gasteiger partial charge in [0.05, 0.1) is 0 Å². The first-order valence-electron chi connectivity index (χ1n) is 4.01. The average molecular weight is 206 g/mol. The summed E-state index contributed by atoms with van der Waals surface area (Å²) in [5.41, 5.74) is -0.592. The number of rotatable bonds is 2. The monoisotopic (exact) mass is 206 g/mol. The molecule has 2 rings (SSSR count). The third-order valence-electron chi connectivity index (χ3n) is 1.75. The van der Waals surface area contributed by atoms with Crippen molar-refractivity contribution in [2.45, 2.75) is 0 Å². The van der Waals surface area contributed by atoms with Gasteiger partial charge in [0.25, 0.3) is 0 Å². The van der Waals surface area contributed by atoms with Gasteiger partial charge in [0.15, 0.2) is 5.69 Å². The van der Waals surface area contributed by atoms with Gasteiger partial charge in [-0.05, 0) is 12.1 Å². The quantitative estimate of drug-likeness (QED) is 0.699. The smallest absolute Gasteiger partial charge is 0.354 e. The molecule has 0 saturated carbocycles. The van der Waals surface area contributed by atoms with E-state index in [1.54, 1.807) is 0 Å². The number of nitrogens with one attached hydrogen (secondary N) is 1. The molecule has 0 saturated heterocycles. The lowest BCUT2D eigenvalue weighted by Gasteiger charge is -1.99. The average Bonchev–Trinajstić information content (AvgIpc) is 2.64. The number of hydrogen-bond donors (Lipinski definition) is 2. The van der Waals surface area contributed by atoms with E-state index in [9.17, 15) is 9.59 Å². The van der Waals surface area contributed by atoms with E-state index in [-0.39, 0.29) is 11.5 Å². The minimum atomic E-state index is -1.15. The van der Waals surface area contributed by atoms with Crippen LogP contribution in [-0.2, 0) is 0 Å². The number of nitrogens with zero attached hydrogens (tertiary/aromatic N) is 3. The van der Waals surface area contributed by atoms with Crippen molar-refractivity contribution in [3.05, 3.63) is 40.7 Å². The second kappa shape index (κ2) is 3.37. The number of carboxylic acids is 1. The molecular formula is C8H6N4O3. The second-order valence-corrected chi connectivity index (χ2v) is 2.72. The highest BCUT2D eigenvalue weighted by Crippen LogP contribution is 2.02. The number of aromatic carboxylic acids is 1. The van der Waals surface area contributed by atoms with Crippen molar-refractivity contribution in [3.8, 4) is 5.82 Å². The number of carbonyl (C=O) groups is 1. The molecule has 0 aliphatic carbocycles. The Kier molecular flexibility index (Phi) is 2.05. The van der Waals surface area contributed by atoms with E-state index in [0.717, 1.165) is 4.57 Å². The van der Waals surface area contributed by atoms with Crippen LogP contribution >= 0.6 is 0 Å². The number of aromatic nitrogens is 4. The van der Waals surface area contributed by atoms with Crippen LogP contribution in [0.4, 0.5) is 0 Å². The molecule has 2 N–H and O–H groups in total. The first kappa shape index (κ1) is 9.13. The van der Waals surface area contributed by atoms with E-state index in [4.69, 9.17) is 5.11 Å². The summed E-state index contributed by atoms with van der Waals surface area (Å²) < 4.78 is 1.12. The van der Waals surface area contributed by atoms with Gasteiger partial charge in [0.1, 0.15) is 12.1 Å². The van der Waals surface area contributed by atoms with Crippen LogP contribution in [0.3, 0.4) is 0 Å². The zero-order valence-electron chi connectivity index (χ0n) is 7.41. The van der Waals surface area contributed by atoms with Crippen LogP contribution in [0.25, 0.3) is 5.82 Å². The van der Waals surface area contributed by atoms with E-state index in [1.807, 2.05) is 0 Å². The fourth-order valence-electron chi connectivity index (χ4n) is 1.09. The Morgan fingerprint density at radius 2 is 2.27 bits per heavy atom. The van der Waals surface area contributed by atoms with Crippen LogP contribution in [0.1, 0.15) is 10.5 Å². The van der Waals surface area contributed by atoms with Crippen molar-refractivity contribution >= 4 is 5.97 Å². The Morgan fingerprint density at radius 1 is 1.47 bits per heavy atom. The molecule has 2 heterocycles. The lowest BCUT2D eigenvalue weighted by molar-refractivity contribution is 0.0690. The van der Waals surface area contributed by atoms with Crippen molar-refractivity contribution < 1.29 is 9.90 Å². The summed E-state index contributed by atoms with van der Waals surface area (Å²) in [4.78, 5) is 25.6. The fraction of sp³-hybridized carbons (Fsp3) is 0. The number of pyridine rings is 1. The highest BCUT2D eigenvalue weighted by atomic mass is 16.4. The minimum Gasteiger partial charge on any atom is -0.477 e. The molecule has 0 aromatic carbocycles. The Balaban J connectivity index is 2.55. The van der Waals surface area contributed by atoms with E-state index < -0.39 is 11.7 Å². The van der Waals surface area contributed by atoms with Gasteiger partial charge in [-0.3, -0.25) is 0 Å². The molecule has 0 aliphatic rings. The van der Waals surface area contributed by atoms with Gasteiger partial charge in [-0.25, -0.2) is 24.2 Å². The van der Waals surface area contributed by atoms with Crippen LogP contribution < -0.4 is 5.69 Å². The first-order valence-corrected chi connectivity index (χ1v) is 4.01. The highest BCUT2D eigenvalue weighted by Gasteiger charge is 2.07. The lowest BCUT2D eigenvalue weighted by Crippen LogP contribution is -2.16. The van der Waals surface area contributed by atoms with E-state index in [0.29, 0.717) is 0 Å². The molecule has 0 unspecified atom stereocenters. The predicted octanol–water partition coefficient (Wildman–Crippen LogP) is -0.346. The zero-order chi connectivity index (χ0) is 10.8. The van der Waals surface area contributed by atoms with Crippen LogP contribution in [0.5, 0.6) is 0 Å². The standard InChI is InChI=1S/C8H6N4O3/c13-7(14)5-2-1-3-6(10-5)12-4-9-11-8(12)15/h1-4H,(H,11,15)(H,13,14). The van der Waals surface area contributed by atoms with Gasteiger partial charge < -0.3 is 5.11 Å². The maximum atomic E-state index is 11.2. The van der Waals surface area contributed by atoms with Crippen molar-refractivity contribution in [1.29, 1.82) is 0 Å². The van der Waals surface area contributed by atoms with Gasteiger partial charge in [0.2, 0.25) is 0 Å². The number of aromatic amines is 1. The summed E-state index contributed by atoms with van der Waals surface area (Å²) in [6.45, 7) is 0. The molecule has 0 bridgehead atoms. The van der Waals surface area contributed by atoms with Crippen LogP contribution in [-0.4, -0.2) is 30.8 Å². The predicted molar refractivity (Wildman–Crippen MR) is 48.9 cm³/mol. The van der Waals surface area contributed by atoms with Gasteiger partial charge in [-0.1, -0.05) is 6.07 Å². The molecule has 2 aromatic heterocycles. The molecule has 76 valence electrons. The normalized spacial score (nSPS) is 10.1. The SMILES string of the molecule is O=C(O)c1cccc(-n2cn[nH]c2=O)n1. The van der Waals surface area contributed by atoms with Gasteiger partial charge in [0, 0.05) is 0 Å². The molecular weight excluding hydrogens is 200 g/mol. The van der Waals surface area contributed by atoms with E-state index >= 15 is 0 Å². The molecule has 0 atom stereocenters. The largest absolute Gasteiger partial charge is 0.477 e. The van der Waals surface area contributed by atoms with Gasteiger partial charge >= 0.3 is 11.7 Å². The van der Waals surface area contributed by atoms with Crippen molar-refractivity contribution in [2.75, 3.05) is 0 Å². The summed E-state index contributed by atoms with van der Waals surface area (Å²) in [7, 11) is 0. The maximum absolute atomic E-state index is 11.2. The van der Waals surface area contributed by atoms with E-state index in [1.165, 1.54) is 24.5 Å². The number of hydrogen-bond acceptors (Lipinski definition) is 4. The molecule has 0 amide bonds.